The summed E-state index contributed by atoms with van der Waals surface area (Å²) in [4.78, 5) is 34.2. The van der Waals surface area contributed by atoms with E-state index >= 15 is 0 Å². The Labute approximate surface area is 168 Å². The number of carboxylic acids is 1. The number of thiocarbonyl (C=S) groups is 1. The lowest BCUT2D eigenvalue weighted by atomic mass is 10.0. The number of nitrogens with two attached hydrogens (primary N) is 1. The van der Waals surface area contributed by atoms with E-state index in [-0.39, 0.29) is 22.5 Å². The zero-order valence-electron chi connectivity index (χ0n) is 14.9. The molecule has 12 heteroatoms. The molecule has 2 aromatic rings. The minimum absolute atomic E-state index is 0.125. The second kappa shape index (κ2) is 6.88. The van der Waals surface area contributed by atoms with Crippen molar-refractivity contribution in [3.8, 4) is 0 Å². The molecule has 3 N–H and O–H groups in total. The third kappa shape index (κ3) is 2.80. The molecule has 1 fully saturated rings. The summed E-state index contributed by atoms with van der Waals surface area (Å²) in [7, 11) is 1.53. The first kappa shape index (κ1) is 18.9. The van der Waals surface area contributed by atoms with E-state index in [2.05, 4.69) is 15.1 Å². The standard InChI is InChI=1S/C16H16N6O4S2/c1-6-3-8(22-16(18-6)19-9(20-22)4-26-2)12(27)7-5-28-14-10(17)13(23)21(14)11(7)15(24)25/h3,10,14H,4-5,17H2,1-2H3,(H,24,25)/t10?,14-/m0/s1. The van der Waals surface area contributed by atoms with Gasteiger partial charge >= 0.3 is 5.97 Å². The highest BCUT2D eigenvalue weighted by atomic mass is 32.2. The highest BCUT2D eigenvalue weighted by Gasteiger charge is 2.52. The molecule has 1 amide bonds. The van der Waals surface area contributed by atoms with E-state index in [1.807, 2.05) is 0 Å². The molecule has 2 aliphatic rings. The van der Waals surface area contributed by atoms with E-state index in [4.69, 9.17) is 22.7 Å². The van der Waals surface area contributed by atoms with Crippen molar-refractivity contribution in [2.45, 2.75) is 24.9 Å². The summed E-state index contributed by atoms with van der Waals surface area (Å²) in [6.45, 7) is 1.99. The highest BCUT2D eigenvalue weighted by Crippen LogP contribution is 2.40. The largest absolute Gasteiger partial charge is 0.477 e. The summed E-state index contributed by atoms with van der Waals surface area (Å²) in [5.41, 5.74) is 7.18. The average molecular weight is 420 g/mol. The van der Waals surface area contributed by atoms with Gasteiger partial charge in [0.2, 0.25) is 5.91 Å². The Kier molecular flexibility index (Phi) is 4.65. The number of aliphatic carboxylic acids is 1. The maximum atomic E-state index is 12.2. The predicted molar refractivity (Wildman–Crippen MR) is 104 cm³/mol. The van der Waals surface area contributed by atoms with Gasteiger partial charge in [-0.25, -0.2) is 9.78 Å². The van der Waals surface area contributed by atoms with E-state index in [0.717, 1.165) is 0 Å². The molecule has 10 nitrogen and oxygen atoms in total. The van der Waals surface area contributed by atoms with Gasteiger partial charge in [0.15, 0.2) is 5.82 Å². The van der Waals surface area contributed by atoms with Crippen LogP contribution in [0.15, 0.2) is 17.3 Å². The fourth-order valence-electron chi connectivity index (χ4n) is 3.22. The highest BCUT2D eigenvalue weighted by molar-refractivity contribution is 8.00. The minimum Gasteiger partial charge on any atom is -0.477 e. The van der Waals surface area contributed by atoms with Crippen LogP contribution < -0.4 is 5.73 Å². The summed E-state index contributed by atoms with van der Waals surface area (Å²) < 4.78 is 6.53. The van der Waals surface area contributed by atoms with Crippen molar-refractivity contribution < 1.29 is 19.4 Å². The number of rotatable bonds is 5. The molecule has 1 saturated heterocycles. The molecule has 4 heterocycles. The molecule has 0 spiro atoms. The van der Waals surface area contributed by atoms with Gasteiger partial charge in [-0.05, 0) is 13.0 Å². The van der Waals surface area contributed by atoms with Crippen molar-refractivity contribution in [2.75, 3.05) is 12.9 Å². The molecular formula is C16H16N6O4S2. The van der Waals surface area contributed by atoms with E-state index in [1.54, 1.807) is 13.0 Å². The Bertz CT molecular complexity index is 1060. The molecule has 0 saturated carbocycles. The van der Waals surface area contributed by atoms with Crippen molar-refractivity contribution in [3.05, 3.63) is 34.5 Å². The van der Waals surface area contributed by atoms with Crippen LogP contribution in [0.25, 0.3) is 5.78 Å². The van der Waals surface area contributed by atoms with Gasteiger partial charge in [-0.1, -0.05) is 12.2 Å². The lowest BCUT2D eigenvalue weighted by Crippen LogP contribution is -2.68. The van der Waals surface area contributed by atoms with Gasteiger partial charge in [0, 0.05) is 24.1 Å². The van der Waals surface area contributed by atoms with Crippen LogP contribution >= 0.6 is 24.0 Å². The van der Waals surface area contributed by atoms with Crippen LogP contribution in [0.3, 0.4) is 0 Å². The Hall–Kier alpha value is -2.41. The van der Waals surface area contributed by atoms with Gasteiger partial charge < -0.3 is 15.6 Å². The number of amides is 1. The number of carbonyl (C=O) groups excluding carboxylic acids is 1. The average Bonchev–Trinajstić information content (AvgIpc) is 3.07. The Balaban J connectivity index is 1.84. The third-order valence-electron chi connectivity index (χ3n) is 4.48. The number of aryl methyl sites for hydroxylation is 1. The predicted octanol–water partition coefficient (Wildman–Crippen LogP) is -0.122. The van der Waals surface area contributed by atoms with Crippen molar-refractivity contribution in [3.63, 3.8) is 0 Å². The van der Waals surface area contributed by atoms with Crippen LogP contribution in [0.5, 0.6) is 0 Å². The van der Waals surface area contributed by atoms with Crippen LogP contribution in [0.2, 0.25) is 0 Å². The van der Waals surface area contributed by atoms with Crippen LogP contribution in [0, 0.1) is 6.92 Å². The minimum atomic E-state index is -1.22. The fourth-order valence-corrected chi connectivity index (χ4v) is 4.93. The Morgan fingerprint density at radius 1 is 1.50 bits per heavy atom. The lowest BCUT2D eigenvalue weighted by molar-refractivity contribution is -0.147. The summed E-state index contributed by atoms with van der Waals surface area (Å²) in [6, 6.07) is 1.02. The summed E-state index contributed by atoms with van der Waals surface area (Å²) in [6.07, 6.45) is 0. The molecule has 28 heavy (non-hydrogen) atoms. The Morgan fingerprint density at radius 2 is 2.25 bits per heavy atom. The lowest BCUT2D eigenvalue weighted by Gasteiger charge is -2.48. The number of hydrogen-bond donors (Lipinski definition) is 2. The first-order valence-corrected chi connectivity index (χ1v) is 9.72. The number of hydrogen-bond acceptors (Lipinski definition) is 9. The molecule has 2 aromatic heterocycles. The number of β-lactam (4-membered cyclic amide) rings is 1. The smallest absolute Gasteiger partial charge is 0.353 e. The van der Waals surface area contributed by atoms with Crippen molar-refractivity contribution in [1.29, 1.82) is 0 Å². The van der Waals surface area contributed by atoms with Gasteiger partial charge in [0.1, 0.15) is 23.7 Å². The zero-order chi connectivity index (χ0) is 20.2. The number of ether oxygens (including phenoxy) is 1. The summed E-state index contributed by atoms with van der Waals surface area (Å²) >= 11 is 7.02. The monoisotopic (exact) mass is 420 g/mol. The molecule has 4 rings (SSSR count). The number of fused-ring (bicyclic) bond motifs is 2. The normalized spacial score (nSPS) is 21.7. The fraction of sp³-hybridized carbons (Fsp3) is 0.375. The van der Waals surface area contributed by atoms with Gasteiger partial charge in [0.05, 0.1) is 10.6 Å². The number of thioether (sulfide) groups is 1. The van der Waals surface area contributed by atoms with Crippen LogP contribution in [0.4, 0.5) is 0 Å². The molecule has 0 radical (unpaired) electrons. The molecule has 0 bridgehead atoms. The summed E-state index contributed by atoms with van der Waals surface area (Å²) in [5, 5.41) is 13.7. The third-order valence-corrected chi connectivity index (χ3v) is 6.23. The van der Waals surface area contributed by atoms with E-state index in [1.165, 1.54) is 28.3 Å². The van der Waals surface area contributed by atoms with Gasteiger partial charge in [-0.2, -0.15) is 9.50 Å². The van der Waals surface area contributed by atoms with Gasteiger partial charge in [-0.3, -0.25) is 9.69 Å². The summed E-state index contributed by atoms with van der Waals surface area (Å²) in [5.74, 6) is -0.549. The maximum absolute atomic E-state index is 12.2. The van der Waals surface area contributed by atoms with E-state index < -0.39 is 17.9 Å². The molecule has 2 aliphatic heterocycles. The molecule has 146 valence electrons. The number of carboxylic acid groups (broad SMARTS) is 1. The SMILES string of the molecule is COCc1nc2nc(C)cc(C(=S)C3=C(C(=O)O)N4C(=O)C(N)[C@@H]4SC3)n2n1. The van der Waals surface area contributed by atoms with Crippen LogP contribution in [-0.2, 0) is 20.9 Å². The first-order valence-electron chi connectivity index (χ1n) is 8.27. The van der Waals surface area contributed by atoms with Crippen molar-refractivity contribution in [1.82, 2.24) is 24.5 Å². The number of aromatic nitrogens is 4. The first-order chi connectivity index (χ1) is 13.3. The van der Waals surface area contributed by atoms with Crippen LogP contribution in [-0.4, -0.2) is 70.6 Å². The van der Waals surface area contributed by atoms with Crippen LogP contribution in [0.1, 0.15) is 17.2 Å². The molecular weight excluding hydrogens is 404 g/mol. The molecule has 0 aliphatic carbocycles. The number of carbonyl (C=O) groups is 2. The Morgan fingerprint density at radius 3 is 2.93 bits per heavy atom. The molecule has 1 unspecified atom stereocenters. The van der Waals surface area contributed by atoms with Crippen molar-refractivity contribution >= 4 is 46.5 Å². The van der Waals surface area contributed by atoms with Crippen molar-refractivity contribution in [2.24, 2.45) is 5.73 Å². The van der Waals surface area contributed by atoms with E-state index in [0.29, 0.717) is 34.3 Å². The zero-order valence-corrected chi connectivity index (χ0v) is 16.6. The van der Waals surface area contributed by atoms with Gasteiger partial charge in [-0.15, -0.1) is 16.9 Å². The second-order valence-corrected chi connectivity index (χ2v) is 7.87. The molecule has 2 atom stereocenters. The maximum Gasteiger partial charge on any atom is 0.353 e. The van der Waals surface area contributed by atoms with E-state index in [9.17, 15) is 14.7 Å². The quantitative estimate of drug-likeness (QED) is 0.383. The topological polar surface area (TPSA) is 136 Å². The molecule has 0 aromatic carbocycles. The van der Waals surface area contributed by atoms with Gasteiger partial charge in [0.25, 0.3) is 5.78 Å². The second-order valence-electron chi connectivity index (χ2n) is 6.35. The number of methoxy groups -OCH3 is 1. The number of nitrogens with zero attached hydrogens (tertiary/aromatic N) is 5.